The molecule has 0 spiro atoms. The van der Waals surface area contributed by atoms with E-state index >= 15 is 0 Å². The summed E-state index contributed by atoms with van der Waals surface area (Å²) < 4.78 is 0. The van der Waals surface area contributed by atoms with Crippen LogP contribution >= 0.6 is 0 Å². The number of hydrogen-bond acceptors (Lipinski definition) is 3. The van der Waals surface area contributed by atoms with Crippen LogP contribution in [0.25, 0.3) is 0 Å². The van der Waals surface area contributed by atoms with Gasteiger partial charge in [-0.1, -0.05) is 6.07 Å². The highest BCUT2D eigenvalue weighted by atomic mass is 16.3. The van der Waals surface area contributed by atoms with Crippen LogP contribution in [0.3, 0.4) is 0 Å². The number of nitrogens with zero attached hydrogens (tertiary/aromatic N) is 2. The van der Waals surface area contributed by atoms with Crippen LogP contribution in [0.4, 0.5) is 0 Å². The fourth-order valence-corrected chi connectivity index (χ4v) is 2.37. The van der Waals surface area contributed by atoms with Gasteiger partial charge >= 0.3 is 0 Å². The van der Waals surface area contributed by atoms with Gasteiger partial charge in [0.2, 0.25) is 5.91 Å². The number of aliphatic hydroxyl groups is 1. The first kappa shape index (κ1) is 12.0. The lowest BCUT2D eigenvalue weighted by Gasteiger charge is -2.32. The Labute approximate surface area is 101 Å². The maximum absolute atomic E-state index is 11.4. The Hall–Kier alpha value is -1.42. The van der Waals surface area contributed by atoms with E-state index in [0.717, 1.165) is 38.0 Å². The highest BCUT2D eigenvalue weighted by Gasteiger charge is 2.23. The number of pyridine rings is 1. The Morgan fingerprint density at radius 1 is 1.53 bits per heavy atom. The standard InChI is InChI=1S/C13H18N2O2/c16-10-13(17)15-7-3-4-11(9-15)8-12-5-1-2-6-14-12/h1-2,5-6,11,16H,3-4,7-10H2/t11-/m1/s1. The second kappa shape index (κ2) is 5.77. The summed E-state index contributed by atoms with van der Waals surface area (Å²) in [6, 6.07) is 5.92. The molecule has 1 saturated heterocycles. The number of aliphatic hydroxyl groups excluding tert-OH is 1. The smallest absolute Gasteiger partial charge is 0.248 e. The van der Waals surface area contributed by atoms with Crippen molar-refractivity contribution in [1.82, 2.24) is 9.88 Å². The summed E-state index contributed by atoms with van der Waals surface area (Å²) in [7, 11) is 0. The zero-order valence-electron chi connectivity index (χ0n) is 9.88. The summed E-state index contributed by atoms with van der Waals surface area (Å²) in [6.45, 7) is 1.14. The third kappa shape index (κ3) is 3.27. The van der Waals surface area contributed by atoms with Crippen LogP contribution in [0, 0.1) is 5.92 Å². The van der Waals surface area contributed by atoms with Gasteiger partial charge in [0, 0.05) is 25.0 Å². The second-order valence-corrected chi connectivity index (χ2v) is 4.53. The van der Waals surface area contributed by atoms with Crippen molar-refractivity contribution in [2.75, 3.05) is 19.7 Å². The molecular formula is C13H18N2O2. The summed E-state index contributed by atoms with van der Waals surface area (Å²) in [5.74, 6) is 0.310. The number of likely N-dealkylation sites (tertiary alicyclic amines) is 1. The van der Waals surface area contributed by atoms with Gasteiger partial charge in [-0.2, -0.15) is 0 Å². The first-order valence-electron chi connectivity index (χ1n) is 6.08. The predicted octanol–water partition coefficient (Wildman–Crippen LogP) is 0.855. The number of carbonyl (C=O) groups is 1. The lowest BCUT2D eigenvalue weighted by atomic mass is 9.93. The predicted molar refractivity (Wildman–Crippen MR) is 64.3 cm³/mol. The van der Waals surface area contributed by atoms with Crippen LogP contribution in [0.2, 0.25) is 0 Å². The molecule has 0 aliphatic carbocycles. The van der Waals surface area contributed by atoms with E-state index < -0.39 is 0 Å². The largest absolute Gasteiger partial charge is 0.387 e. The van der Waals surface area contributed by atoms with Gasteiger partial charge in [-0.3, -0.25) is 9.78 Å². The van der Waals surface area contributed by atoms with Crippen LogP contribution in [-0.2, 0) is 11.2 Å². The third-order valence-corrected chi connectivity index (χ3v) is 3.23. The molecular weight excluding hydrogens is 216 g/mol. The van der Waals surface area contributed by atoms with Gasteiger partial charge < -0.3 is 10.0 Å². The maximum Gasteiger partial charge on any atom is 0.248 e. The summed E-state index contributed by atoms with van der Waals surface area (Å²) >= 11 is 0. The first-order chi connectivity index (χ1) is 8.29. The zero-order valence-corrected chi connectivity index (χ0v) is 9.88. The SMILES string of the molecule is O=C(CO)N1CCC[C@H](Cc2ccccn2)C1. The molecule has 2 rings (SSSR count). The van der Waals surface area contributed by atoms with Crippen molar-refractivity contribution in [2.45, 2.75) is 19.3 Å². The van der Waals surface area contributed by atoms with Gasteiger partial charge in [-0.05, 0) is 37.3 Å². The van der Waals surface area contributed by atoms with Crippen molar-refractivity contribution in [3.05, 3.63) is 30.1 Å². The molecule has 2 heterocycles. The maximum atomic E-state index is 11.4. The Morgan fingerprint density at radius 2 is 2.41 bits per heavy atom. The molecule has 1 amide bonds. The summed E-state index contributed by atoms with van der Waals surface area (Å²) in [4.78, 5) is 17.5. The van der Waals surface area contributed by atoms with E-state index in [0.29, 0.717) is 5.92 Å². The lowest BCUT2D eigenvalue weighted by molar-refractivity contribution is -0.136. The molecule has 92 valence electrons. The molecule has 0 saturated carbocycles. The van der Waals surface area contributed by atoms with Crippen molar-refractivity contribution in [1.29, 1.82) is 0 Å². The average molecular weight is 234 g/mol. The molecule has 1 fully saturated rings. The normalized spacial score (nSPS) is 20.3. The topological polar surface area (TPSA) is 53.4 Å². The average Bonchev–Trinajstić information content (AvgIpc) is 2.39. The molecule has 1 aliphatic rings. The van der Waals surface area contributed by atoms with Crippen molar-refractivity contribution in [2.24, 2.45) is 5.92 Å². The first-order valence-corrected chi connectivity index (χ1v) is 6.08. The van der Waals surface area contributed by atoms with Crippen LogP contribution in [-0.4, -0.2) is 40.6 Å². The minimum absolute atomic E-state index is 0.157. The van der Waals surface area contributed by atoms with Gasteiger partial charge in [0.15, 0.2) is 0 Å². The van der Waals surface area contributed by atoms with Crippen molar-refractivity contribution < 1.29 is 9.90 Å². The third-order valence-electron chi connectivity index (χ3n) is 3.23. The number of piperidine rings is 1. The molecule has 1 aromatic rings. The molecule has 1 aliphatic heterocycles. The van der Waals surface area contributed by atoms with E-state index in [9.17, 15) is 4.79 Å². The Morgan fingerprint density at radius 3 is 3.12 bits per heavy atom. The van der Waals surface area contributed by atoms with Gasteiger partial charge in [0.05, 0.1) is 0 Å². The minimum Gasteiger partial charge on any atom is -0.387 e. The molecule has 4 heteroatoms. The molecule has 17 heavy (non-hydrogen) atoms. The van der Waals surface area contributed by atoms with Gasteiger partial charge in [-0.25, -0.2) is 0 Å². The quantitative estimate of drug-likeness (QED) is 0.843. The monoisotopic (exact) mass is 234 g/mol. The minimum atomic E-state index is -0.379. The number of rotatable bonds is 3. The Balaban J connectivity index is 1.92. The van der Waals surface area contributed by atoms with E-state index in [1.165, 1.54) is 0 Å². The molecule has 0 radical (unpaired) electrons. The second-order valence-electron chi connectivity index (χ2n) is 4.53. The molecule has 4 nitrogen and oxygen atoms in total. The van der Waals surface area contributed by atoms with E-state index in [4.69, 9.17) is 5.11 Å². The number of hydrogen-bond donors (Lipinski definition) is 1. The fraction of sp³-hybridized carbons (Fsp3) is 0.538. The van der Waals surface area contributed by atoms with E-state index in [-0.39, 0.29) is 12.5 Å². The van der Waals surface area contributed by atoms with Crippen LogP contribution in [0.1, 0.15) is 18.5 Å². The number of amides is 1. The molecule has 0 unspecified atom stereocenters. The van der Waals surface area contributed by atoms with Crippen molar-refractivity contribution in [3.8, 4) is 0 Å². The van der Waals surface area contributed by atoms with Crippen LogP contribution < -0.4 is 0 Å². The number of aromatic nitrogens is 1. The van der Waals surface area contributed by atoms with Gasteiger partial charge in [0.1, 0.15) is 6.61 Å². The molecule has 1 atom stereocenters. The van der Waals surface area contributed by atoms with E-state index in [2.05, 4.69) is 4.98 Å². The Bertz CT molecular complexity index is 367. The summed E-state index contributed by atoms with van der Waals surface area (Å²) in [5, 5.41) is 8.86. The van der Waals surface area contributed by atoms with Crippen LogP contribution in [0.15, 0.2) is 24.4 Å². The highest BCUT2D eigenvalue weighted by molar-refractivity contribution is 5.77. The van der Waals surface area contributed by atoms with Crippen molar-refractivity contribution >= 4 is 5.91 Å². The van der Waals surface area contributed by atoms with E-state index in [1.807, 2.05) is 18.2 Å². The molecule has 0 bridgehead atoms. The van der Waals surface area contributed by atoms with E-state index in [1.54, 1.807) is 11.1 Å². The summed E-state index contributed by atoms with van der Waals surface area (Å²) in [6.07, 6.45) is 4.86. The molecule has 1 N–H and O–H groups in total. The lowest BCUT2D eigenvalue weighted by Crippen LogP contribution is -2.41. The van der Waals surface area contributed by atoms with Gasteiger partial charge in [0.25, 0.3) is 0 Å². The van der Waals surface area contributed by atoms with Crippen LogP contribution in [0.5, 0.6) is 0 Å². The summed E-state index contributed by atoms with van der Waals surface area (Å²) in [5.41, 5.74) is 1.08. The molecule has 1 aromatic heterocycles. The highest BCUT2D eigenvalue weighted by Crippen LogP contribution is 2.19. The zero-order chi connectivity index (χ0) is 12.1. The van der Waals surface area contributed by atoms with Crippen molar-refractivity contribution in [3.63, 3.8) is 0 Å². The number of carbonyl (C=O) groups excluding carboxylic acids is 1. The van der Waals surface area contributed by atoms with Gasteiger partial charge in [-0.15, -0.1) is 0 Å². The molecule has 0 aromatic carbocycles. The Kier molecular flexibility index (Phi) is 4.09. The fourth-order valence-electron chi connectivity index (χ4n) is 2.37.